The summed E-state index contributed by atoms with van der Waals surface area (Å²) in [5.41, 5.74) is 1.34. The molecule has 2 aromatic carbocycles. The second kappa shape index (κ2) is 8.63. The summed E-state index contributed by atoms with van der Waals surface area (Å²) in [6.07, 6.45) is 0. The van der Waals surface area contributed by atoms with Crippen LogP contribution in [0.3, 0.4) is 0 Å². The van der Waals surface area contributed by atoms with Crippen molar-refractivity contribution in [2.45, 2.75) is 4.34 Å². The Balaban J connectivity index is 1.53. The molecule has 26 heavy (non-hydrogen) atoms. The summed E-state index contributed by atoms with van der Waals surface area (Å²) in [7, 11) is 1.60. The third-order valence-electron chi connectivity index (χ3n) is 3.21. The molecular weight excluding hydrogens is 375 g/mol. The number of aromatic nitrogens is 2. The standard InChI is InChI=1S/C17H15FN4O2S2/c1-24-14-5-3-2-4-13(14)20-16-21-22-17(26-16)25-10-15(23)19-12-8-6-11(18)7-9-12/h2-9H,10H2,1H3,(H,19,23)(H,20,21). The number of hydrogen-bond donors (Lipinski definition) is 2. The summed E-state index contributed by atoms with van der Waals surface area (Å²) in [6.45, 7) is 0. The van der Waals surface area contributed by atoms with Crippen LogP contribution in [0, 0.1) is 5.82 Å². The Kier molecular flexibility index (Phi) is 6.03. The largest absolute Gasteiger partial charge is 0.495 e. The molecule has 0 spiro atoms. The van der Waals surface area contributed by atoms with Crippen LogP contribution in [0.4, 0.5) is 20.9 Å². The van der Waals surface area contributed by atoms with Gasteiger partial charge in [0.25, 0.3) is 0 Å². The number of nitrogens with zero attached hydrogens (tertiary/aromatic N) is 2. The van der Waals surface area contributed by atoms with Gasteiger partial charge in [0.2, 0.25) is 11.0 Å². The average molecular weight is 390 g/mol. The smallest absolute Gasteiger partial charge is 0.234 e. The highest BCUT2D eigenvalue weighted by molar-refractivity contribution is 8.01. The molecule has 0 saturated heterocycles. The molecule has 1 heterocycles. The molecule has 1 amide bonds. The lowest BCUT2D eigenvalue weighted by atomic mass is 10.3. The molecule has 3 rings (SSSR count). The first-order valence-corrected chi connectivity index (χ1v) is 9.36. The molecule has 2 N–H and O–H groups in total. The minimum Gasteiger partial charge on any atom is -0.495 e. The number of para-hydroxylation sites is 2. The Morgan fingerprint density at radius 1 is 1.19 bits per heavy atom. The van der Waals surface area contributed by atoms with Gasteiger partial charge in [-0.25, -0.2) is 4.39 Å². The van der Waals surface area contributed by atoms with E-state index >= 15 is 0 Å². The number of nitrogens with one attached hydrogen (secondary N) is 2. The SMILES string of the molecule is COc1ccccc1Nc1nnc(SCC(=O)Nc2ccc(F)cc2)s1. The third-order valence-corrected chi connectivity index (χ3v) is 5.18. The Labute approximate surface area is 157 Å². The number of halogens is 1. The van der Waals surface area contributed by atoms with Crippen LogP contribution in [-0.2, 0) is 4.79 Å². The molecule has 134 valence electrons. The van der Waals surface area contributed by atoms with Crippen molar-refractivity contribution in [1.29, 1.82) is 0 Å². The van der Waals surface area contributed by atoms with Crippen molar-refractivity contribution >= 4 is 45.5 Å². The van der Waals surface area contributed by atoms with Crippen molar-refractivity contribution < 1.29 is 13.9 Å². The van der Waals surface area contributed by atoms with Crippen LogP contribution in [0.25, 0.3) is 0 Å². The molecule has 9 heteroatoms. The fourth-order valence-electron chi connectivity index (χ4n) is 2.04. The predicted octanol–water partition coefficient (Wildman–Crippen LogP) is 4.16. The Bertz CT molecular complexity index is 886. The van der Waals surface area contributed by atoms with Crippen LogP contribution in [0.1, 0.15) is 0 Å². The fraction of sp³-hybridized carbons (Fsp3) is 0.118. The van der Waals surface area contributed by atoms with E-state index in [-0.39, 0.29) is 17.5 Å². The zero-order valence-electron chi connectivity index (χ0n) is 13.7. The average Bonchev–Trinajstić information content (AvgIpc) is 3.10. The van der Waals surface area contributed by atoms with Gasteiger partial charge in [-0.2, -0.15) is 0 Å². The summed E-state index contributed by atoms with van der Waals surface area (Å²) in [6, 6.07) is 13.1. The van der Waals surface area contributed by atoms with Gasteiger partial charge in [0.1, 0.15) is 11.6 Å². The van der Waals surface area contributed by atoms with Crippen LogP contribution in [-0.4, -0.2) is 29.0 Å². The topological polar surface area (TPSA) is 76.1 Å². The maximum atomic E-state index is 12.9. The maximum Gasteiger partial charge on any atom is 0.234 e. The fourth-order valence-corrected chi connectivity index (χ4v) is 3.60. The van der Waals surface area contributed by atoms with E-state index in [4.69, 9.17) is 4.74 Å². The number of thioether (sulfide) groups is 1. The van der Waals surface area contributed by atoms with Crippen molar-refractivity contribution in [2.75, 3.05) is 23.5 Å². The molecule has 0 fully saturated rings. The number of ether oxygens (including phenoxy) is 1. The molecule has 0 saturated carbocycles. The maximum absolute atomic E-state index is 12.9. The van der Waals surface area contributed by atoms with Gasteiger partial charge in [-0.3, -0.25) is 4.79 Å². The second-order valence-corrected chi connectivity index (χ2v) is 7.24. The summed E-state index contributed by atoms with van der Waals surface area (Å²) in [4.78, 5) is 12.0. The minimum absolute atomic E-state index is 0.181. The van der Waals surface area contributed by atoms with Gasteiger partial charge in [-0.05, 0) is 36.4 Å². The van der Waals surface area contributed by atoms with E-state index in [9.17, 15) is 9.18 Å². The van der Waals surface area contributed by atoms with E-state index in [0.717, 1.165) is 5.69 Å². The van der Waals surface area contributed by atoms with E-state index in [0.29, 0.717) is 20.9 Å². The van der Waals surface area contributed by atoms with Gasteiger partial charge >= 0.3 is 0 Å². The van der Waals surface area contributed by atoms with E-state index in [1.807, 2.05) is 24.3 Å². The molecule has 0 aliphatic heterocycles. The highest BCUT2D eigenvalue weighted by atomic mass is 32.2. The summed E-state index contributed by atoms with van der Waals surface area (Å²) >= 11 is 2.62. The molecular formula is C17H15FN4O2S2. The van der Waals surface area contributed by atoms with E-state index in [1.165, 1.54) is 47.4 Å². The van der Waals surface area contributed by atoms with Crippen molar-refractivity contribution in [3.8, 4) is 5.75 Å². The first-order chi connectivity index (χ1) is 12.6. The summed E-state index contributed by atoms with van der Waals surface area (Å²) in [5, 5.41) is 14.6. The zero-order chi connectivity index (χ0) is 18.4. The summed E-state index contributed by atoms with van der Waals surface area (Å²) in [5.74, 6) is 0.341. The predicted molar refractivity (Wildman–Crippen MR) is 102 cm³/mol. The number of rotatable bonds is 7. The van der Waals surface area contributed by atoms with Crippen molar-refractivity contribution in [2.24, 2.45) is 0 Å². The van der Waals surface area contributed by atoms with E-state index < -0.39 is 0 Å². The van der Waals surface area contributed by atoms with Crippen molar-refractivity contribution in [3.05, 3.63) is 54.3 Å². The number of benzene rings is 2. The molecule has 6 nitrogen and oxygen atoms in total. The van der Waals surface area contributed by atoms with Crippen LogP contribution >= 0.6 is 23.1 Å². The van der Waals surface area contributed by atoms with E-state index in [1.54, 1.807) is 7.11 Å². The number of anilines is 3. The van der Waals surface area contributed by atoms with E-state index in [2.05, 4.69) is 20.8 Å². The van der Waals surface area contributed by atoms with Crippen LogP contribution < -0.4 is 15.4 Å². The van der Waals surface area contributed by atoms with Gasteiger partial charge in [0.15, 0.2) is 4.34 Å². The van der Waals surface area contributed by atoms with Crippen LogP contribution in [0.5, 0.6) is 5.75 Å². The first kappa shape index (κ1) is 18.2. The zero-order valence-corrected chi connectivity index (χ0v) is 15.4. The molecule has 0 bridgehead atoms. The lowest BCUT2D eigenvalue weighted by Gasteiger charge is -2.07. The Morgan fingerprint density at radius 3 is 2.73 bits per heavy atom. The first-order valence-electron chi connectivity index (χ1n) is 7.56. The van der Waals surface area contributed by atoms with Crippen molar-refractivity contribution in [1.82, 2.24) is 10.2 Å². The molecule has 0 unspecified atom stereocenters. The van der Waals surface area contributed by atoms with Gasteiger partial charge in [0, 0.05) is 5.69 Å². The molecule has 0 aliphatic rings. The number of carbonyl (C=O) groups is 1. The molecule has 1 aromatic heterocycles. The molecule has 0 radical (unpaired) electrons. The second-order valence-electron chi connectivity index (χ2n) is 5.04. The number of carbonyl (C=O) groups excluding carboxylic acids is 1. The highest BCUT2D eigenvalue weighted by Gasteiger charge is 2.10. The van der Waals surface area contributed by atoms with Crippen molar-refractivity contribution in [3.63, 3.8) is 0 Å². The quantitative estimate of drug-likeness (QED) is 0.590. The van der Waals surface area contributed by atoms with Gasteiger partial charge in [-0.1, -0.05) is 35.2 Å². The van der Waals surface area contributed by atoms with Gasteiger partial charge in [-0.15, -0.1) is 10.2 Å². The lowest BCUT2D eigenvalue weighted by molar-refractivity contribution is -0.113. The number of amides is 1. The van der Waals surface area contributed by atoms with Crippen LogP contribution in [0.2, 0.25) is 0 Å². The molecule has 3 aromatic rings. The molecule has 0 atom stereocenters. The third kappa shape index (κ3) is 4.93. The minimum atomic E-state index is -0.346. The summed E-state index contributed by atoms with van der Waals surface area (Å²) < 4.78 is 18.8. The number of methoxy groups -OCH3 is 1. The monoisotopic (exact) mass is 390 g/mol. The number of hydrogen-bond acceptors (Lipinski definition) is 7. The molecule has 0 aliphatic carbocycles. The van der Waals surface area contributed by atoms with Gasteiger partial charge < -0.3 is 15.4 Å². The van der Waals surface area contributed by atoms with Gasteiger partial charge in [0.05, 0.1) is 18.6 Å². The Morgan fingerprint density at radius 2 is 1.96 bits per heavy atom. The lowest BCUT2D eigenvalue weighted by Crippen LogP contribution is -2.13. The van der Waals surface area contributed by atoms with Crippen LogP contribution in [0.15, 0.2) is 52.9 Å². The highest BCUT2D eigenvalue weighted by Crippen LogP contribution is 2.31. The normalized spacial score (nSPS) is 10.4. The Hall–Kier alpha value is -2.65.